The van der Waals surface area contributed by atoms with Crippen LogP contribution in [0.5, 0.6) is 0 Å². The van der Waals surface area contributed by atoms with Crippen molar-refractivity contribution in [2.75, 3.05) is 4.72 Å². The molecule has 2 aromatic heterocycles. The van der Waals surface area contributed by atoms with Gasteiger partial charge in [0.05, 0.1) is 17.7 Å². The maximum Gasteiger partial charge on any atom is 0.264 e. The molecule has 0 aliphatic heterocycles. The minimum Gasteiger partial charge on any atom is -0.858 e. The first-order valence-electron chi connectivity index (χ1n) is 7.19. The van der Waals surface area contributed by atoms with Crippen LogP contribution in [0.15, 0.2) is 75.4 Å². The van der Waals surface area contributed by atoms with Gasteiger partial charge in [0.1, 0.15) is 5.76 Å². The van der Waals surface area contributed by atoms with Crippen molar-refractivity contribution in [3.05, 3.63) is 72.4 Å². The normalized spacial score (nSPS) is 12.1. The highest BCUT2D eigenvalue weighted by atomic mass is 32.2. The second-order valence-electron chi connectivity index (χ2n) is 4.91. The van der Waals surface area contributed by atoms with E-state index in [-0.39, 0.29) is 23.0 Å². The van der Waals surface area contributed by atoms with Gasteiger partial charge in [-0.3, -0.25) is 4.99 Å². The highest BCUT2D eigenvalue weighted by Gasteiger charge is 2.14. The summed E-state index contributed by atoms with van der Waals surface area (Å²) >= 11 is 0. The standard InChI is InChI=1S/C16H14N4O4S/c21-15(17-11-13-5-4-8-24-13)12-9-18-16(19-10-12)20-25(22,23)14-6-2-1-3-7-14/h1-10H,11H2,(H,17,21)(H,18,19,20)/p-1. The van der Waals surface area contributed by atoms with Crippen LogP contribution in [-0.2, 0) is 16.6 Å². The maximum atomic E-state index is 12.2. The lowest BCUT2D eigenvalue weighted by Crippen LogP contribution is -2.20. The third-order valence-corrected chi connectivity index (χ3v) is 4.48. The van der Waals surface area contributed by atoms with E-state index in [1.54, 1.807) is 30.3 Å². The number of sulfonamides is 1. The molecule has 0 saturated carbocycles. The minimum absolute atomic E-state index is 0.0900. The molecule has 0 amide bonds. The number of nitrogens with one attached hydrogen (secondary N) is 1. The lowest BCUT2D eigenvalue weighted by molar-refractivity contribution is -0.213. The molecule has 0 radical (unpaired) electrons. The maximum absolute atomic E-state index is 12.2. The van der Waals surface area contributed by atoms with E-state index in [1.807, 2.05) is 0 Å². The van der Waals surface area contributed by atoms with Crippen LogP contribution in [0.1, 0.15) is 11.3 Å². The monoisotopic (exact) mass is 357 g/mol. The number of anilines is 1. The molecule has 0 atom stereocenters. The summed E-state index contributed by atoms with van der Waals surface area (Å²) in [6.45, 7) is 0.105. The van der Waals surface area contributed by atoms with Gasteiger partial charge in [0.25, 0.3) is 10.0 Å². The summed E-state index contributed by atoms with van der Waals surface area (Å²) in [4.78, 5) is 11.6. The molecule has 3 aromatic rings. The van der Waals surface area contributed by atoms with Crippen molar-refractivity contribution in [2.24, 2.45) is 4.99 Å². The van der Waals surface area contributed by atoms with E-state index < -0.39 is 15.9 Å². The molecule has 8 nitrogen and oxygen atoms in total. The van der Waals surface area contributed by atoms with Crippen molar-refractivity contribution < 1.29 is 17.9 Å². The van der Waals surface area contributed by atoms with Crippen molar-refractivity contribution in [2.45, 2.75) is 11.4 Å². The lowest BCUT2D eigenvalue weighted by Gasteiger charge is -2.11. The number of hydrogen-bond acceptors (Lipinski definition) is 7. The van der Waals surface area contributed by atoms with Gasteiger partial charge in [0.15, 0.2) is 0 Å². The minimum atomic E-state index is -3.78. The number of furan rings is 1. The van der Waals surface area contributed by atoms with Crippen LogP contribution in [0.2, 0.25) is 0 Å². The zero-order valence-corrected chi connectivity index (χ0v) is 13.7. The molecule has 0 bridgehead atoms. The Bertz CT molecular complexity index is 953. The molecule has 128 valence electrons. The molecule has 0 aliphatic carbocycles. The Balaban J connectivity index is 1.71. The largest absolute Gasteiger partial charge is 0.858 e. The molecule has 0 saturated heterocycles. The summed E-state index contributed by atoms with van der Waals surface area (Å²) in [5, 5.41) is 11.9. The van der Waals surface area contributed by atoms with Crippen molar-refractivity contribution in [3.8, 4) is 0 Å². The molecule has 2 heterocycles. The molecule has 1 aromatic carbocycles. The van der Waals surface area contributed by atoms with Crippen LogP contribution in [0.4, 0.5) is 5.95 Å². The summed E-state index contributed by atoms with van der Waals surface area (Å²) in [6.07, 6.45) is 3.92. The van der Waals surface area contributed by atoms with E-state index in [0.29, 0.717) is 5.76 Å². The molecule has 0 spiro atoms. The second kappa shape index (κ2) is 7.14. The second-order valence-corrected chi connectivity index (χ2v) is 6.60. The van der Waals surface area contributed by atoms with Crippen LogP contribution in [0.3, 0.4) is 0 Å². The van der Waals surface area contributed by atoms with Gasteiger partial charge in [-0.15, -0.1) is 0 Å². The van der Waals surface area contributed by atoms with Gasteiger partial charge >= 0.3 is 0 Å². The molecule has 0 unspecified atom stereocenters. The van der Waals surface area contributed by atoms with Crippen LogP contribution in [-0.4, -0.2) is 24.3 Å². The molecule has 1 N–H and O–H groups in total. The first-order chi connectivity index (χ1) is 12.0. The van der Waals surface area contributed by atoms with Gasteiger partial charge in [-0.2, -0.15) is 0 Å². The Morgan fingerprint density at radius 2 is 1.84 bits per heavy atom. The third kappa shape index (κ3) is 4.21. The van der Waals surface area contributed by atoms with Crippen molar-refractivity contribution >= 4 is 21.9 Å². The van der Waals surface area contributed by atoms with E-state index in [2.05, 4.69) is 19.7 Å². The van der Waals surface area contributed by atoms with Crippen LogP contribution < -0.4 is 9.83 Å². The van der Waals surface area contributed by atoms with E-state index in [1.165, 1.54) is 30.8 Å². The Morgan fingerprint density at radius 3 is 2.48 bits per heavy atom. The molecular formula is C16H13N4O4S-. The lowest BCUT2D eigenvalue weighted by atomic mass is 10.3. The molecule has 3 rings (SSSR count). The number of aromatic nitrogens is 2. The Labute approximate surface area is 144 Å². The summed E-state index contributed by atoms with van der Waals surface area (Å²) in [6, 6.07) is 11.2. The van der Waals surface area contributed by atoms with Gasteiger partial charge < -0.3 is 9.52 Å². The number of rotatable bonds is 6. The van der Waals surface area contributed by atoms with Crippen molar-refractivity contribution in [1.29, 1.82) is 0 Å². The first-order valence-corrected chi connectivity index (χ1v) is 8.67. The van der Waals surface area contributed by atoms with Crippen molar-refractivity contribution in [1.82, 2.24) is 9.97 Å². The summed E-state index contributed by atoms with van der Waals surface area (Å²) in [5.41, 5.74) is 0.147. The van der Waals surface area contributed by atoms with Gasteiger partial charge in [-0.1, -0.05) is 18.2 Å². The number of benzene rings is 1. The van der Waals surface area contributed by atoms with Gasteiger partial charge in [0, 0.05) is 18.0 Å². The zero-order chi connectivity index (χ0) is 17.7. The first kappa shape index (κ1) is 16.7. The smallest absolute Gasteiger partial charge is 0.264 e. The average molecular weight is 357 g/mol. The fourth-order valence-electron chi connectivity index (χ4n) is 1.91. The number of nitrogens with zero attached hydrogens (tertiary/aromatic N) is 3. The zero-order valence-electron chi connectivity index (χ0n) is 12.9. The van der Waals surface area contributed by atoms with E-state index in [4.69, 9.17) is 4.42 Å². The van der Waals surface area contributed by atoms with E-state index in [0.717, 1.165) is 0 Å². The van der Waals surface area contributed by atoms with Crippen LogP contribution in [0.25, 0.3) is 0 Å². The predicted octanol–water partition coefficient (Wildman–Crippen LogP) is 1.18. The van der Waals surface area contributed by atoms with Gasteiger partial charge in [-0.05, 0) is 30.2 Å². The Morgan fingerprint density at radius 1 is 1.12 bits per heavy atom. The third-order valence-electron chi connectivity index (χ3n) is 3.14. The Kier molecular flexibility index (Phi) is 4.75. The van der Waals surface area contributed by atoms with Gasteiger partial charge in [0.2, 0.25) is 5.95 Å². The Hall–Kier alpha value is -3.20. The molecule has 25 heavy (non-hydrogen) atoms. The summed E-state index contributed by atoms with van der Waals surface area (Å²) < 4.78 is 31.7. The molecular weight excluding hydrogens is 344 g/mol. The molecule has 9 heteroatoms. The van der Waals surface area contributed by atoms with Crippen molar-refractivity contribution in [3.63, 3.8) is 0 Å². The fourth-order valence-corrected chi connectivity index (χ4v) is 2.89. The molecule has 0 fully saturated rings. The average Bonchev–Trinajstić information content (AvgIpc) is 3.14. The molecule has 0 aliphatic rings. The van der Waals surface area contributed by atoms with E-state index in [9.17, 15) is 13.5 Å². The fraction of sp³-hybridized carbons (Fsp3) is 0.0625. The summed E-state index contributed by atoms with van der Waals surface area (Å²) in [5.74, 6) is -0.0955. The predicted molar refractivity (Wildman–Crippen MR) is 88.2 cm³/mol. The number of aliphatic imine (C=N–C) groups is 1. The topological polar surface area (TPSA) is 121 Å². The highest BCUT2D eigenvalue weighted by molar-refractivity contribution is 7.92. The number of hydrogen-bond donors (Lipinski definition) is 1. The van der Waals surface area contributed by atoms with Gasteiger partial charge in [-0.25, -0.2) is 23.1 Å². The quantitative estimate of drug-likeness (QED) is 0.522. The SMILES string of the molecule is O=S(=O)(Nc1ncc(C([O-])=NCc2ccco2)cn1)c1ccccc1. The highest BCUT2D eigenvalue weighted by Crippen LogP contribution is 2.12. The summed E-state index contributed by atoms with van der Waals surface area (Å²) in [7, 11) is -3.78. The van der Waals surface area contributed by atoms with Crippen LogP contribution in [0, 0.1) is 0 Å². The van der Waals surface area contributed by atoms with Crippen LogP contribution >= 0.6 is 0 Å². The van der Waals surface area contributed by atoms with E-state index >= 15 is 0 Å².